The summed E-state index contributed by atoms with van der Waals surface area (Å²) >= 11 is 0. The molecule has 1 aromatic carbocycles. The van der Waals surface area contributed by atoms with Gasteiger partial charge in [-0.05, 0) is 17.5 Å². The highest BCUT2D eigenvalue weighted by atomic mass is 16.1. The van der Waals surface area contributed by atoms with E-state index in [1.165, 1.54) is 0 Å². The highest BCUT2D eigenvalue weighted by Gasteiger charge is 2.21. The first-order valence-electron chi connectivity index (χ1n) is 9.21. The van der Waals surface area contributed by atoms with E-state index < -0.39 is 0 Å². The largest absolute Gasteiger partial charge is 0.311 e. The smallest absolute Gasteiger partial charge is 0.225 e. The molecule has 0 aliphatic heterocycles. The number of nitrogens with one attached hydrogen (secondary N) is 1. The molecule has 0 saturated heterocycles. The quantitative estimate of drug-likeness (QED) is 0.727. The molecule has 3 aromatic rings. The molecule has 0 radical (unpaired) electrons. The molecule has 0 spiro atoms. The molecule has 1 amide bonds. The van der Waals surface area contributed by atoms with Crippen molar-refractivity contribution in [2.45, 2.75) is 45.6 Å². The van der Waals surface area contributed by atoms with Crippen LogP contribution in [0.1, 0.15) is 44.0 Å². The first-order chi connectivity index (χ1) is 12.8. The van der Waals surface area contributed by atoms with Gasteiger partial charge in [-0.2, -0.15) is 10.2 Å². The highest BCUT2D eigenvalue weighted by Crippen LogP contribution is 2.25. The Morgan fingerprint density at radius 3 is 2.52 bits per heavy atom. The normalized spacial score (nSPS) is 11.6. The van der Waals surface area contributed by atoms with E-state index in [1.807, 2.05) is 42.2 Å². The fourth-order valence-electron chi connectivity index (χ4n) is 2.82. The van der Waals surface area contributed by atoms with E-state index in [-0.39, 0.29) is 11.3 Å². The molecule has 1 N–H and O–H groups in total. The van der Waals surface area contributed by atoms with Gasteiger partial charge in [0.05, 0.1) is 18.4 Å². The molecule has 142 valence electrons. The molecule has 6 nitrogen and oxygen atoms in total. The van der Waals surface area contributed by atoms with Crippen molar-refractivity contribution in [3.05, 3.63) is 65.6 Å². The van der Waals surface area contributed by atoms with Crippen molar-refractivity contribution in [1.82, 2.24) is 19.6 Å². The second-order valence-electron chi connectivity index (χ2n) is 7.88. The average molecular weight is 365 g/mol. The maximum Gasteiger partial charge on any atom is 0.225 e. The minimum absolute atomic E-state index is 0.0199. The van der Waals surface area contributed by atoms with Gasteiger partial charge in [-0.25, -0.2) is 4.68 Å². The fourth-order valence-corrected chi connectivity index (χ4v) is 2.82. The summed E-state index contributed by atoms with van der Waals surface area (Å²) in [6, 6.07) is 12.1. The SMILES string of the molecule is Cn1cc(CCC(=O)Nc2cc(C(C)(C)C)nn2Cc2ccccc2)cn1. The van der Waals surface area contributed by atoms with Crippen LogP contribution >= 0.6 is 0 Å². The minimum atomic E-state index is -0.0862. The lowest BCUT2D eigenvalue weighted by Gasteiger charge is -2.14. The number of anilines is 1. The zero-order valence-corrected chi connectivity index (χ0v) is 16.4. The third kappa shape index (κ3) is 5.06. The Hall–Kier alpha value is -2.89. The summed E-state index contributed by atoms with van der Waals surface area (Å²) in [5.74, 6) is 0.716. The molecule has 0 bridgehead atoms. The van der Waals surface area contributed by atoms with Crippen LogP contribution < -0.4 is 5.32 Å². The van der Waals surface area contributed by atoms with Gasteiger partial charge >= 0.3 is 0 Å². The molecule has 0 atom stereocenters. The van der Waals surface area contributed by atoms with Gasteiger partial charge in [0.15, 0.2) is 0 Å². The molecule has 0 unspecified atom stereocenters. The maximum atomic E-state index is 12.5. The van der Waals surface area contributed by atoms with Crippen LogP contribution in [0.4, 0.5) is 5.82 Å². The zero-order chi connectivity index (χ0) is 19.4. The van der Waals surface area contributed by atoms with Crippen LogP contribution in [0.2, 0.25) is 0 Å². The van der Waals surface area contributed by atoms with Crippen molar-refractivity contribution < 1.29 is 4.79 Å². The summed E-state index contributed by atoms with van der Waals surface area (Å²) in [6.07, 6.45) is 4.81. The number of aryl methyl sites for hydroxylation is 2. The van der Waals surface area contributed by atoms with E-state index in [9.17, 15) is 4.79 Å². The number of carbonyl (C=O) groups is 1. The summed E-state index contributed by atoms with van der Waals surface area (Å²) in [5, 5.41) is 11.9. The summed E-state index contributed by atoms with van der Waals surface area (Å²) in [5.41, 5.74) is 3.07. The lowest BCUT2D eigenvalue weighted by atomic mass is 9.92. The number of hydrogen-bond acceptors (Lipinski definition) is 3. The maximum absolute atomic E-state index is 12.5. The third-order valence-corrected chi connectivity index (χ3v) is 4.39. The van der Waals surface area contributed by atoms with Crippen molar-refractivity contribution in [1.29, 1.82) is 0 Å². The molecule has 0 aliphatic rings. The molecule has 27 heavy (non-hydrogen) atoms. The summed E-state index contributed by atoms with van der Waals surface area (Å²) in [7, 11) is 1.87. The van der Waals surface area contributed by atoms with E-state index >= 15 is 0 Å². The van der Waals surface area contributed by atoms with Crippen LogP contribution in [-0.2, 0) is 30.2 Å². The van der Waals surface area contributed by atoms with E-state index in [2.05, 4.69) is 43.3 Å². The van der Waals surface area contributed by atoms with Gasteiger partial charge in [-0.1, -0.05) is 51.1 Å². The Kier molecular flexibility index (Phi) is 5.44. The van der Waals surface area contributed by atoms with Crippen molar-refractivity contribution >= 4 is 11.7 Å². The molecule has 0 aliphatic carbocycles. The van der Waals surface area contributed by atoms with Crippen molar-refractivity contribution in [3.63, 3.8) is 0 Å². The second kappa shape index (κ2) is 7.78. The van der Waals surface area contributed by atoms with Gasteiger partial charge in [0, 0.05) is 31.1 Å². The molecular formula is C21H27N5O. The summed E-state index contributed by atoms with van der Waals surface area (Å²) in [6.45, 7) is 6.98. The first-order valence-corrected chi connectivity index (χ1v) is 9.21. The molecule has 3 rings (SSSR count). The van der Waals surface area contributed by atoms with Crippen molar-refractivity contribution in [3.8, 4) is 0 Å². The minimum Gasteiger partial charge on any atom is -0.311 e. The summed E-state index contributed by atoms with van der Waals surface area (Å²) < 4.78 is 3.62. The number of benzene rings is 1. The monoisotopic (exact) mass is 365 g/mol. The molecular weight excluding hydrogens is 338 g/mol. The van der Waals surface area contributed by atoms with E-state index in [4.69, 9.17) is 5.10 Å². The lowest BCUT2D eigenvalue weighted by molar-refractivity contribution is -0.116. The van der Waals surface area contributed by atoms with Crippen LogP contribution in [0.5, 0.6) is 0 Å². The van der Waals surface area contributed by atoms with Gasteiger partial charge in [-0.3, -0.25) is 9.48 Å². The second-order valence-corrected chi connectivity index (χ2v) is 7.88. The number of nitrogens with zero attached hydrogens (tertiary/aromatic N) is 4. The number of amides is 1. The van der Waals surface area contributed by atoms with E-state index in [0.29, 0.717) is 19.4 Å². The van der Waals surface area contributed by atoms with Crippen LogP contribution in [-0.4, -0.2) is 25.5 Å². The Labute approximate surface area is 160 Å². The Morgan fingerprint density at radius 1 is 1.15 bits per heavy atom. The van der Waals surface area contributed by atoms with Crippen LogP contribution in [0, 0.1) is 0 Å². The van der Waals surface area contributed by atoms with Crippen molar-refractivity contribution in [2.24, 2.45) is 7.05 Å². The van der Waals surface area contributed by atoms with Crippen LogP contribution in [0.15, 0.2) is 48.8 Å². The standard InChI is InChI=1S/C21H27N5O/c1-21(2,3)18-12-19(26(24-18)15-16-8-6-5-7-9-16)23-20(27)11-10-17-13-22-25(4)14-17/h5-9,12-14H,10-11,15H2,1-4H3,(H,23,27). The Balaban J connectivity index is 1.74. The average Bonchev–Trinajstić information content (AvgIpc) is 3.20. The predicted octanol–water partition coefficient (Wildman–Crippen LogP) is 3.53. The van der Waals surface area contributed by atoms with Gasteiger partial charge in [0.2, 0.25) is 5.91 Å². The molecule has 6 heteroatoms. The molecule has 0 fully saturated rings. The van der Waals surface area contributed by atoms with Gasteiger partial charge in [0.25, 0.3) is 0 Å². The number of aromatic nitrogens is 4. The van der Waals surface area contributed by atoms with Crippen LogP contribution in [0.25, 0.3) is 0 Å². The topological polar surface area (TPSA) is 64.7 Å². The fraction of sp³-hybridized carbons (Fsp3) is 0.381. The Morgan fingerprint density at radius 2 is 1.89 bits per heavy atom. The van der Waals surface area contributed by atoms with Gasteiger partial charge in [-0.15, -0.1) is 0 Å². The molecule has 0 saturated carbocycles. The number of rotatable bonds is 6. The zero-order valence-electron chi connectivity index (χ0n) is 16.4. The van der Waals surface area contributed by atoms with Gasteiger partial charge < -0.3 is 5.32 Å². The van der Waals surface area contributed by atoms with E-state index in [1.54, 1.807) is 10.9 Å². The van der Waals surface area contributed by atoms with Crippen molar-refractivity contribution in [2.75, 3.05) is 5.32 Å². The Bertz CT molecular complexity index is 902. The van der Waals surface area contributed by atoms with E-state index in [0.717, 1.165) is 22.6 Å². The lowest BCUT2D eigenvalue weighted by Crippen LogP contribution is -2.16. The predicted molar refractivity (Wildman–Crippen MR) is 107 cm³/mol. The number of hydrogen-bond donors (Lipinski definition) is 1. The first kappa shape index (κ1) is 18.9. The summed E-state index contributed by atoms with van der Waals surface area (Å²) in [4.78, 5) is 12.5. The highest BCUT2D eigenvalue weighted by molar-refractivity contribution is 5.90. The van der Waals surface area contributed by atoms with Gasteiger partial charge in [0.1, 0.15) is 5.82 Å². The van der Waals surface area contributed by atoms with Crippen LogP contribution in [0.3, 0.4) is 0 Å². The third-order valence-electron chi connectivity index (χ3n) is 4.39. The molecule has 2 aromatic heterocycles. The number of carbonyl (C=O) groups excluding carboxylic acids is 1. The molecule has 2 heterocycles.